The molecule has 1 aliphatic heterocycles. The number of carbonyl (C=O) groups is 1. The molecule has 1 atom stereocenters. The number of benzene rings is 1. The van der Waals surface area contributed by atoms with E-state index in [2.05, 4.69) is 15.5 Å². The van der Waals surface area contributed by atoms with E-state index in [-0.39, 0.29) is 22.6 Å². The lowest BCUT2D eigenvalue weighted by molar-refractivity contribution is 0.100. The average molecular weight is 350 g/mol. The summed E-state index contributed by atoms with van der Waals surface area (Å²) in [5, 5.41) is 11.0. The molecule has 1 aromatic carbocycles. The summed E-state index contributed by atoms with van der Waals surface area (Å²) in [5.41, 5.74) is 6.12. The Labute approximate surface area is 143 Å². The number of anilines is 2. The van der Waals surface area contributed by atoms with Crippen molar-refractivity contribution in [2.75, 3.05) is 23.3 Å². The average Bonchev–Trinajstić information content (AvgIpc) is 2.57. The molecule has 1 fully saturated rings. The lowest BCUT2D eigenvalue weighted by Crippen LogP contribution is -2.43. The highest BCUT2D eigenvalue weighted by Crippen LogP contribution is 2.25. The van der Waals surface area contributed by atoms with Gasteiger partial charge in [-0.2, -0.15) is 0 Å². The van der Waals surface area contributed by atoms with E-state index >= 15 is 0 Å². The van der Waals surface area contributed by atoms with Crippen molar-refractivity contribution in [3.8, 4) is 0 Å². The largest absolute Gasteiger partial charge is 0.367 e. The minimum Gasteiger partial charge on any atom is -0.367 e. The van der Waals surface area contributed by atoms with Gasteiger partial charge < -0.3 is 16.0 Å². The minimum atomic E-state index is -0.629. The van der Waals surface area contributed by atoms with Crippen molar-refractivity contribution in [1.82, 2.24) is 10.2 Å². The zero-order chi connectivity index (χ0) is 17.1. The quantitative estimate of drug-likeness (QED) is 0.885. The van der Waals surface area contributed by atoms with E-state index < -0.39 is 5.91 Å². The van der Waals surface area contributed by atoms with Gasteiger partial charge in [0.25, 0.3) is 5.91 Å². The molecule has 2 heterocycles. The fourth-order valence-corrected chi connectivity index (χ4v) is 3.02. The van der Waals surface area contributed by atoms with Gasteiger partial charge in [-0.25, -0.2) is 4.39 Å². The van der Waals surface area contributed by atoms with E-state index in [1.807, 2.05) is 11.0 Å². The first kappa shape index (κ1) is 16.4. The Bertz CT molecular complexity index is 757. The van der Waals surface area contributed by atoms with Crippen LogP contribution in [0.3, 0.4) is 0 Å². The minimum absolute atomic E-state index is 0.00747. The SMILES string of the molecule is NC(=O)c1cc(Cl)nnc1NC1CCCN(c2ccccc2F)C1. The molecule has 6 nitrogen and oxygen atoms in total. The van der Waals surface area contributed by atoms with Crippen LogP contribution in [0.1, 0.15) is 23.2 Å². The summed E-state index contributed by atoms with van der Waals surface area (Å²) >= 11 is 5.77. The van der Waals surface area contributed by atoms with Crippen molar-refractivity contribution >= 4 is 29.0 Å². The molecule has 1 amide bonds. The van der Waals surface area contributed by atoms with Crippen molar-refractivity contribution in [2.45, 2.75) is 18.9 Å². The van der Waals surface area contributed by atoms with E-state index in [9.17, 15) is 9.18 Å². The first-order valence-corrected chi connectivity index (χ1v) is 8.01. The Morgan fingerprint density at radius 2 is 2.17 bits per heavy atom. The number of primary amides is 1. The molecular formula is C16H17ClFN5O. The van der Waals surface area contributed by atoms with E-state index in [0.29, 0.717) is 18.1 Å². The van der Waals surface area contributed by atoms with Crippen molar-refractivity contribution in [3.05, 3.63) is 46.9 Å². The number of piperidine rings is 1. The van der Waals surface area contributed by atoms with Crippen LogP contribution >= 0.6 is 11.6 Å². The normalized spacial score (nSPS) is 17.6. The summed E-state index contributed by atoms with van der Waals surface area (Å²) < 4.78 is 14.0. The molecule has 24 heavy (non-hydrogen) atoms. The molecular weight excluding hydrogens is 333 g/mol. The Balaban J connectivity index is 1.77. The summed E-state index contributed by atoms with van der Waals surface area (Å²) in [6, 6.07) is 8.06. The van der Waals surface area contributed by atoms with Crippen LogP contribution in [0.15, 0.2) is 30.3 Å². The molecule has 126 valence electrons. The van der Waals surface area contributed by atoms with Crippen molar-refractivity contribution < 1.29 is 9.18 Å². The number of rotatable bonds is 4. The second-order valence-corrected chi connectivity index (χ2v) is 6.06. The highest BCUT2D eigenvalue weighted by molar-refractivity contribution is 6.29. The smallest absolute Gasteiger partial charge is 0.252 e. The fraction of sp³-hybridized carbons (Fsp3) is 0.312. The molecule has 8 heteroatoms. The van der Waals surface area contributed by atoms with Crippen molar-refractivity contribution in [1.29, 1.82) is 0 Å². The number of hydrogen-bond donors (Lipinski definition) is 2. The molecule has 3 rings (SSSR count). The molecule has 1 aliphatic rings. The summed E-state index contributed by atoms with van der Waals surface area (Å²) in [7, 11) is 0. The van der Waals surface area contributed by atoms with Crippen LogP contribution in [0.2, 0.25) is 5.15 Å². The number of amides is 1. The van der Waals surface area contributed by atoms with Crippen LogP contribution in [0.4, 0.5) is 15.9 Å². The van der Waals surface area contributed by atoms with Gasteiger partial charge in [0.1, 0.15) is 5.82 Å². The third-order valence-electron chi connectivity index (χ3n) is 3.98. The predicted molar refractivity (Wildman–Crippen MR) is 90.8 cm³/mol. The third kappa shape index (κ3) is 3.56. The number of aromatic nitrogens is 2. The standard InChI is InChI=1S/C16H17ClFN5O/c17-14-8-11(15(19)24)16(22-21-14)20-10-4-3-7-23(9-10)13-6-2-1-5-12(13)18/h1-2,5-6,8,10H,3-4,7,9H2,(H2,19,24)(H,20,22). The van der Waals surface area contributed by atoms with Gasteiger partial charge in [-0.1, -0.05) is 23.7 Å². The third-order valence-corrected chi connectivity index (χ3v) is 4.17. The molecule has 0 saturated carbocycles. The summed E-state index contributed by atoms with van der Waals surface area (Å²) in [6.07, 6.45) is 1.76. The van der Waals surface area contributed by atoms with Gasteiger partial charge in [-0.15, -0.1) is 10.2 Å². The Hall–Kier alpha value is -2.41. The molecule has 1 saturated heterocycles. The lowest BCUT2D eigenvalue weighted by Gasteiger charge is -2.35. The zero-order valence-electron chi connectivity index (χ0n) is 12.9. The molecule has 2 aromatic rings. The fourth-order valence-electron chi connectivity index (χ4n) is 2.88. The maximum atomic E-state index is 14.0. The number of para-hydroxylation sites is 1. The highest BCUT2D eigenvalue weighted by atomic mass is 35.5. The maximum Gasteiger partial charge on any atom is 0.252 e. The van der Waals surface area contributed by atoms with Gasteiger partial charge in [0.05, 0.1) is 11.3 Å². The van der Waals surface area contributed by atoms with Crippen LogP contribution < -0.4 is 16.0 Å². The first-order valence-electron chi connectivity index (χ1n) is 7.63. The molecule has 0 spiro atoms. The zero-order valence-corrected chi connectivity index (χ0v) is 13.6. The molecule has 0 bridgehead atoms. The molecule has 0 aliphatic carbocycles. The Kier molecular flexibility index (Phi) is 4.80. The van der Waals surface area contributed by atoms with Gasteiger partial charge in [0, 0.05) is 19.1 Å². The summed E-state index contributed by atoms with van der Waals surface area (Å²) in [5.74, 6) is -0.578. The van der Waals surface area contributed by atoms with Crippen molar-refractivity contribution in [3.63, 3.8) is 0 Å². The molecule has 1 aromatic heterocycles. The Morgan fingerprint density at radius 3 is 2.92 bits per heavy atom. The van der Waals surface area contributed by atoms with Gasteiger partial charge in [-0.3, -0.25) is 4.79 Å². The second kappa shape index (κ2) is 7.00. The first-order chi connectivity index (χ1) is 11.5. The van der Waals surface area contributed by atoms with E-state index in [1.165, 1.54) is 12.1 Å². The van der Waals surface area contributed by atoms with Gasteiger partial charge in [0.2, 0.25) is 0 Å². The van der Waals surface area contributed by atoms with Gasteiger partial charge in [-0.05, 0) is 31.0 Å². The van der Waals surface area contributed by atoms with Gasteiger partial charge >= 0.3 is 0 Å². The number of halogens is 2. The number of hydrogen-bond acceptors (Lipinski definition) is 5. The van der Waals surface area contributed by atoms with Crippen LogP contribution in [0.25, 0.3) is 0 Å². The number of nitrogens with one attached hydrogen (secondary N) is 1. The van der Waals surface area contributed by atoms with E-state index in [4.69, 9.17) is 17.3 Å². The summed E-state index contributed by atoms with van der Waals surface area (Å²) in [6.45, 7) is 1.36. The van der Waals surface area contributed by atoms with Gasteiger partial charge in [0.15, 0.2) is 11.0 Å². The highest BCUT2D eigenvalue weighted by Gasteiger charge is 2.23. The topological polar surface area (TPSA) is 84.1 Å². The number of nitrogens with two attached hydrogens (primary N) is 1. The predicted octanol–water partition coefficient (Wildman–Crippen LogP) is 2.45. The van der Waals surface area contributed by atoms with Crippen molar-refractivity contribution in [2.24, 2.45) is 5.73 Å². The van der Waals surface area contributed by atoms with Crippen LogP contribution in [-0.2, 0) is 0 Å². The van der Waals surface area contributed by atoms with Crippen LogP contribution in [0, 0.1) is 5.82 Å². The molecule has 0 radical (unpaired) electrons. The maximum absolute atomic E-state index is 14.0. The van der Waals surface area contributed by atoms with E-state index in [1.54, 1.807) is 12.1 Å². The van der Waals surface area contributed by atoms with Crippen LogP contribution in [0.5, 0.6) is 0 Å². The lowest BCUT2D eigenvalue weighted by atomic mass is 10.0. The number of nitrogens with zero attached hydrogens (tertiary/aromatic N) is 3. The Morgan fingerprint density at radius 1 is 1.38 bits per heavy atom. The monoisotopic (exact) mass is 349 g/mol. The molecule has 3 N–H and O–H groups in total. The summed E-state index contributed by atoms with van der Waals surface area (Å²) in [4.78, 5) is 13.5. The van der Waals surface area contributed by atoms with E-state index in [0.717, 1.165) is 19.4 Å². The number of carbonyl (C=O) groups excluding carboxylic acids is 1. The molecule has 1 unspecified atom stereocenters. The van der Waals surface area contributed by atoms with Crippen LogP contribution in [-0.4, -0.2) is 35.2 Å². The second-order valence-electron chi connectivity index (χ2n) is 5.67.